The summed E-state index contributed by atoms with van der Waals surface area (Å²) in [5.41, 5.74) is 13.5. The number of pyridine rings is 2. The van der Waals surface area contributed by atoms with E-state index >= 15 is 0 Å². The number of nitrogens with two attached hydrogens (primary N) is 1. The Bertz CT molecular complexity index is 915. The lowest BCUT2D eigenvalue weighted by atomic mass is 9.88. The van der Waals surface area contributed by atoms with Gasteiger partial charge in [0.15, 0.2) is 0 Å². The highest BCUT2D eigenvalue weighted by atomic mass is 15.2. The largest absolute Gasteiger partial charge is 0.326 e. The highest BCUT2D eigenvalue weighted by molar-refractivity contribution is 5.30. The van der Waals surface area contributed by atoms with Crippen LogP contribution in [0.25, 0.3) is 0 Å². The Balaban J connectivity index is 1.78. The number of hydrogen-bond donors (Lipinski definition) is 1. The zero-order chi connectivity index (χ0) is 20.2. The summed E-state index contributed by atoms with van der Waals surface area (Å²) in [6, 6.07) is 17.5. The Morgan fingerprint density at radius 3 is 1.90 bits per heavy atom. The third-order valence-corrected chi connectivity index (χ3v) is 6.18. The van der Waals surface area contributed by atoms with Gasteiger partial charge in [0.05, 0.1) is 23.5 Å². The van der Waals surface area contributed by atoms with E-state index in [-0.39, 0.29) is 12.1 Å². The van der Waals surface area contributed by atoms with Gasteiger partial charge in [-0.25, -0.2) is 0 Å². The summed E-state index contributed by atoms with van der Waals surface area (Å²) in [5, 5.41) is 0. The Kier molecular flexibility index (Phi) is 6.02. The van der Waals surface area contributed by atoms with Crippen LogP contribution in [0.2, 0.25) is 0 Å². The summed E-state index contributed by atoms with van der Waals surface area (Å²) in [5.74, 6) is 0. The van der Waals surface area contributed by atoms with E-state index in [1.165, 1.54) is 40.1 Å². The molecule has 0 spiro atoms. The van der Waals surface area contributed by atoms with Crippen LogP contribution >= 0.6 is 0 Å². The first-order valence-electron chi connectivity index (χ1n) is 10.5. The molecule has 3 aromatic rings. The minimum absolute atomic E-state index is 0.280. The Labute approximate surface area is 173 Å². The lowest BCUT2D eigenvalue weighted by Gasteiger charge is -2.43. The number of likely N-dealkylation sites (tertiary alicyclic amines) is 1. The molecule has 1 fully saturated rings. The van der Waals surface area contributed by atoms with E-state index in [1.54, 1.807) is 0 Å². The van der Waals surface area contributed by atoms with Crippen molar-refractivity contribution < 1.29 is 0 Å². The number of aromatic nitrogens is 2. The molecule has 2 N–H and O–H groups in total. The van der Waals surface area contributed by atoms with Gasteiger partial charge < -0.3 is 5.73 Å². The molecule has 4 rings (SSSR count). The van der Waals surface area contributed by atoms with Crippen molar-refractivity contribution in [1.29, 1.82) is 0 Å². The van der Waals surface area contributed by atoms with Gasteiger partial charge in [0.2, 0.25) is 0 Å². The number of hydrogen-bond acceptors (Lipinski definition) is 4. The summed E-state index contributed by atoms with van der Waals surface area (Å²) >= 11 is 0. The number of benzene rings is 1. The number of nitrogens with zero attached hydrogens (tertiary/aromatic N) is 3. The third kappa shape index (κ3) is 4.09. The Morgan fingerprint density at radius 2 is 1.38 bits per heavy atom. The molecule has 0 bridgehead atoms. The average molecular weight is 387 g/mol. The quantitative estimate of drug-likeness (QED) is 0.669. The fraction of sp³-hybridized carbons (Fsp3) is 0.360. The number of rotatable bonds is 5. The zero-order valence-electron chi connectivity index (χ0n) is 17.4. The van der Waals surface area contributed by atoms with Crippen LogP contribution in [0.4, 0.5) is 0 Å². The molecule has 3 heterocycles. The monoisotopic (exact) mass is 386 g/mol. The summed E-state index contributed by atoms with van der Waals surface area (Å²) in [4.78, 5) is 12.2. The van der Waals surface area contributed by atoms with Crippen LogP contribution in [0.15, 0.2) is 60.9 Å². The molecular formula is C25H30N4. The molecule has 0 radical (unpaired) electrons. The second-order valence-corrected chi connectivity index (χ2v) is 8.02. The maximum absolute atomic E-state index is 6.05. The van der Waals surface area contributed by atoms with Crippen molar-refractivity contribution in [1.82, 2.24) is 14.9 Å². The van der Waals surface area contributed by atoms with E-state index in [9.17, 15) is 0 Å². The Morgan fingerprint density at radius 1 is 0.828 bits per heavy atom. The second kappa shape index (κ2) is 8.85. The molecule has 4 heteroatoms. The molecule has 0 saturated carbocycles. The lowest BCUT2D eigenvalue weighted by Crippen LogP contribution is -2.37. The summed E-state index contributed by atoms with van der Waals surface area (Å²) in [6.07, 6.45) is 7.25. The van der Waals surface area contributed by atoms with Crippen LogP contribution < -0.4 is 5.73 Å². The normalized spacial score (nSPS) is 20.0. The molecule has 0 unspecified atom stereocenters. The molecule has 1 aliphatic heterocycles. The zero-order valence-corrected chi connectivity index (χ0v) is 17.4. The first-order chi connectivity index (χ1) is 14.2. The second-order valence-electron chi connectivity index (χ2n) is 8.02. The van der Waals surface area contributed by atoms with Gasteiger partial charge in [-0.05, 0) is 67.5 Å². The van der Waals surface area contributed by atoms with E-state index in [0.717, 1.165) is 19.4 Å². The van der Waals surface area contributed by atoms with Crippen molar-refractivity contribution in [2.45, 2.75) is 58.3 Å². The van der Waals surface area contributed by atoms with Crippen molar-refractivity contribution in [3.8, 4) is 0 Å². The van der Waals surface area contributed by atoms with E-state index < -0.39 is 0 Å². The summed E-state index contributed by atoms with van der Waals surface area (Å²) in [6.45, 7) is 5.76. The molecule has 2 aromatic heterocycles. The summed E-state index contributed by atoms with van der Waals surface area (Å²) < 4.78 is 0. The minimum atomic E-state index is 0.280. The van der Waals surface area contributed by atoms with Crippen LogP contribution in [-0.4, -0.2) is 14.9 Å². The van der Waals surface area contributed by atoms with Crippen LogP contribution in [-0.2, 0) is 13.1 Å². The average Bonchev–Trinajstić information content (AvgIpc) is 2.75. The predicted molar refractivity (Wildman–Crippen MR) is 117 cm³/mol. The molecule has 1 aliphatic rings. The molecule has 0 aliphatic carbocycles. The maximum Gasteiger partial charge on any atom is 0.0604 e. The smallest absolute Gasteiger partial charge is 0.0604 e. The maximum atomic E-state index is 6.05. The van der Waals surface area contributed by atoms with Gasteiger partial charge in [0.1, 0.15) is 0 Å². The molecule has 150 valence electrons. The molecule has 1 saturated heterocycles. The van der Waals surface area contributed by atoms with Crippen molar-refractivity contribution >= 4 is 0 Å². The van der Waals surface area contributed by atoms with E-state index in [1.807, 2.05) is 24.5 Å². The van der Waals surface area contributed by atoms with Gasteiger partial charge in [-0.3, -0.25) is 14.9 Å². The fourth-order valence-electron chi connectivity index (χ4n) is 4.66. The predicted octanol–water partition coefficient (Wildman–Crippen LogP) is 5.02. The number of aryl methyl sites for hydroxylation is 2. The van der Waals surface area contributed by atoms with E-state index in [0.29, 0.717) is 6.54 Å². The highest BCUT2D eigenvalue weighted by Crippen LogP contribution is 2.43. The molecule has 1 aromatic carbocycles. The van der Waals surface area contributed by atoms with Crippen LogP contribution in [0, 0.1) is 13.8 Å². The molecular weight excluding hydrogens is 356 g/mol. The van der Waals surface area contributed by atoms with Crippen LogP contribution in [0.1, 0.15) is 65.0 Å². The molecule has 2 atom stereocenters. The first-order valence-corrected chi connectivity index (χ1v) is 10.5. The van der Waals surface area contributed by atoms with Gasteiger partial charge in [-0.15, -0.1) is 0 Å². The van der Waals surface area contributed by atoms with Gasteiger partial charge in [-0.1, -0.05) is 36.4 Å². The fourth-order valence-corrected chi connectivity index (χ4v) is 4.66. The van der Waals surface area contributed by atoms with Crippen LogP contribution in [0.5, 0.6) is 0 Å². The third-order valence-electron chi connectivity index (χ3n) is 6.18. The molecule has 29 heavy (non-hydrogen) atoms. The van der Waals surface area contributed by atoms with Crippen molar-refractivity contribution in [2.24, 2.45) is 5.73 Å². The van der Waals surface area contributed by atoms with E-state index in [4.69, 9.17) is 15.7 Å². The Hall–Kier alpha value is -2.56. The number of piperidine rings is 1. The first kappa shape index (κ1) is 19.7. The van der Waals surface area contributed by atoms with Gasteiger partial charge in [0, 0.05) is 25.5 Å². The summed E-state index contributed by atoms with van der Waals surface area (Å²) in [7, 11) is 0. The van der Waals surface area contributed by atoms with Gasteiger partial charge in [-0.2, -0.15) is 0 Å². The SMILES string of the molecule is Cc1cccnc1[C@H]1CCC[C@@H](c2ncccc2C)N1Cc1ccccc1CN. The highest BCUT2D eigenvalue weighted by Gasteiger charge is 2.35. The van der Waals surface area contributed by atoms with Crippen molar-refractivity contribution in [3.63, 3.8) is 0 Å². The molecule has 0 amide bonds. The van der Waals surface area contributed by atoms with Crippen molar-refractivity contribution in [2.75, 3.05) is 0 Å². The van der Waals surface area contributed by atoms with Gasteiger partial charge >= 0.3 is 0 Å². The van der Waals surface area contributed by atoms with Crippen molar-refractivity contribution in [3.05, 3.63) is 94.6 Å². The van der Waals surface area contributed by atoms with Gasteiger partial charge in [0.25, 0.3) is 0 Å². The lowest BCUT2D eigenvalue weighted by molar-refractivity contribution is 0.0676. The van der Waals surface area contributed by atoms with Crippen LogP contribution in [0.3, 0.4) is 0 Å². The standard InChI is InChI=1S/C25H30N4/c1-18-8-6-14-27-24(18)22-12-5-13-23(25-19(2)9-7-15-28-25)29(22)17-21-11-4-3-10-20(21)16-26/h3-4,6-11,14-15,22-23H,5,12-13,16-17,26H2,1-2H3/t22-,23+. The molecule has 4 nitrogen and oxygen atoms in total. The topological polar surface area (TPSA) is 55.0 Å². The van der Waals surface area contributed by atoms with E-state index in [2.05, 4.69) is 55.1 Å². The minimum Gasteiger partial charge on any atom is -0.326 e.